The maximum absolute atomic E-state index is 3.56. The predicted octanol–water partition coefficient (Wildman–Crippen LogP) is 6.03. The van der Waals surface area contributed by atoms with Crippen molar-refractivity contribution in [3.8, 4) is 0 Å². The second-order valence-corrected chi connectivity index (χ2v) is 7.72. The first-order valence-electron chi connectivity index (χ1n) is 9.14. The van der Waals surface area contributed by atoms with E-state index >= 15 is 0 Å². The number of hydrogen-bond acceptors (Lipinski definition) is 2. The summed E-state index contributed by atoms with van der Waals surface area (Å²) in [6.07, 6.45) is 16.5. The van der Waals surface area contributed by atoms with Crippen LogP contribution in [0.4, 0.5) is 0 Å². The summed E-state index contributed by atoms with van der Waals surface area (Å²) in [4.78, 5) is 3.28. The van der Waals surface area contributed by atoms with Crippen LogP contribution in [0.15, 0.2) is 6.07 Å². The molecule has 0 saturated heterocycles. The first-order chi connectivity index (χ1) is 10.3. The minimum Gasteiger partial charge on any atom is -0.312 e. The smallest absolute Gasteiger partial charge is 0.0412 e. The third-order valence-corrected chi connectivity index (χ3v) is 6.15. The Morgan fingerprint density at radius 2 is 1.81 bits per heavy atom. The fourth-order valence-electron chi connectivity index (χ4n) is 3.42. The maximum atomic E-state index is 3.56. The van der Waals surface area contributed by atoms with E-state index < -0.39 is 0 Å². The van der Waals surface area contributed by atoms with E-state index in [-0.39, 0.29) is 0 Å². The molecule has 1 aromatic rings. The zero-order valence-electron chi connectivity index (χ0n) is 14.0. The molecular weight excluding hydrogens is 274 g/mol. The van der Waals surface area contributed by atoms with Crippen molar-refractivity contribution in [2.24, 2.45) is 0 Å². The molecule has 1 aliphatic carbocycles. The second-order valence-electron chi connectivity index (χ2n) is 6.56. The number of fused-ring (bicyclic) bond motifs is 1. The molecule has 2 rings (SSSR count). The molecule has 1 nitrogen and oxygen atoms in total. The van der Waals surface area contributed by atoms with Crippen LogP contribution in [0.1, 0.15) is 92.5 Å². The minimum absolute atomic E-state index is 0.591. The van der Waals surface area contributed by atoms with Gasteiger partial charge >= 0.3 is 0 Å². The third kappa shape index (κ3) is 5.41. The van der Waals surface area contributed by atoms with Crippen LogP contribution in [0.3, 0.4) is 0 Å². The summed E-state index contributed by atoms with van der Waals surface area (Å²) < 4.78 is 0. The van der Waals surface area contributed by atoms with Gasteiger partial charge in [0.2, 0.25) is 0 Å². The Labute approximate surface area is 135 Å². The van der Waals surface area contributed by atoms with Crippen molar-refractivity contribution in [1.82, 2.24) is 5.32 Å². The number of nitrogens with one attached hydrogen (secondary N) is 1. The monoisotopic (exact) mass is 307 g/mol. The van der Waals surface area contributed by atoms with Gasteiger partial charge in [0.15, 0.2) is 0 Å². The lowest BCUT2D eigenvalue weighted by molar-refractivity contribution is 0.503. The number of hydrogen-bond donors (Lipinski definition) is 1. The third-order valence-electron chi connectivity index (χ3n) is 4.80. The highest BCUT2D eigenvalue weighted by atomic mass is 32.1. The Balaban J connectivity index is 1.80. The molecule has 0 aliphatic heterocycles. The largest absolute Gasteiger partial charge is 0.312 e. The average molecular weight is 308 g/mol. The molecule has 1 aliphatic rings. The van der Waals surface area contributed by atoms with E-state index in [1.807, 2.05) is 0 Å². The lowest BCUT2D eigenvalue weighted by atomic mass is 10.0. The Morgan fingerprint density at radius 1 is 1.05 bits per heavy atom. The summed E-state index contributed by atoms with van der Waals surface area (Å²) in [7, 11) is 2.13. The van der Waals surface area contributed by atoms with Gasteiger partial charge in [-0.25, -0.2) is 0 Å². The summed E-state index contributed by atoms with van der Waals surface area (Å²) in [5.74, 6) is 0. The van der Waals surface area contributed by atoms with Crippen LogP contribution >= 0.6 is 11.3 Å². The van der Waals surface area contributed by atoms with Crippen molar-refractivity contribution in [3.63, 3.8) is 0 Å². The average Bonchev–Trinajstić information content (AvgIpc) is 2.77. The van der Waals surface area contributed by atoms with Crippen LogP contribution in [0.2, 0.25) is 0 Å². The molecule has 0 radical (unpaired) electrons. The summed E-state index contributed by atoms with van der Waals surface area (Å²) in [6, 6.07) is 3.11. The van der Waals surface area contributed by atoms with Gasteiger partial charge in [0.05, 0.1) is 0 Å². The Hall–Kier alpha value is -0.340. The molecule has 0 saturated carbocycles. The maximum Gasteiger partial charge on any atom is 0.0412 e. The fourth-order valence-corrected chi connectivity index (χ4v) is 4.82. The lowest BCUT2D eigenvalue weighted by Gasteiger charge is -2.14. The molecule has 1 unspecified atom stereocenters. The molecule has 1 N–H and O–H groups in total. The molecule has 1 atom stereocenters. The summed E-state index contributed by atoms with van der Waals surface area (Å²) in [5, 5.41) is 3.56. The van der Waals surface area contributed by atoms with Crippen LogP contribution < -0.4 is 5.32 Å². The molecule has 0 fully saturated rings. The van der Waals surface area contributed by atoms with E-state index in [0.717, 1.165) is 0 Å². The van der Waals surface area contributed by atoms with E-state index in [0.29, 0.717) is 6.04 Å². The van der Waals surface area contributed by atoms with Gasteiger partial charge in [-0.2, -0.15) is 0 Å². The van der Waals surface area contributed by atoms with Gasteiger partial charge in [-0.1, -0.05) is 51.9 Å². The number of unbranched alkanes of at least 4 members (excludes halogenated alkanes) is 5. The Kier molecular flexibility index (Phi) is 7.81. The summed E-state index contributed by atoms with van der Waals surface area (Å²) >= 11 is 2.09. The Morgan fingerprint density at radius 3 is 2.62 bits per heavy atom. The molecule has 0 aromatic carbocycles. The predicted molar refractivity (Wildman–Crippen MR) is 95.4 cm³/mol. The zero-order valence-corrected chi connectivity index (χ0v) is 14.9. The minimum atomic E-state index is 0.591. The first kappa shape index (κ1) is 17.0. The van der Waals surface area contributed by atoms with Gasteiger partial charge in [0.25, 0.3) is 0 Å². The van der Waals surface area contributed by atoms with Crippen molar-refractivity contribution < 1.29 is 0 Å². The molecule has 0 amide bonds. The molecule has 0 spiro atoms. The molecule has 21 heavy (non-hydrogen) atoms. The van der Waals surface area contributed by atoms with Crippen LogP contribution in [0.5, 0.6) is 0 Å². The molecule has 2 heteroatoms. The van der Waals surface area contributed by atoms with Gasteiger partial charge < -0.3 is 5.32 Å². The van der Waals surface area contributed by atoms with Crippen LogP contribution in [0, 0.1) is 0 Å². The van der Waals surface area contributed by atoms with E-state index in [4.69, 9.17) is 0 Å². The number of thiophene rings is 1. The molecular formula is C19H33NS. The van der Waals surface area contributed by atoms with Gasteiger partial charge in [0.1, 0.15) is 0 Å². The van der Waals surface area contributed by atoms with Crippen molar-refractivity contribution in [1.29, 1.82) is 0 Å². The van der Waals surface area contributed by atoms with Crippen LogP contribution in [-0.2, 0) is 12.8 Å². The van der Waals surface area contributed by atoms with E-state index in [1.54, 1.807) is 15.3 Å². The first-order valence-corrected chi connectivity index (χ1v) is 9.95. The molecule has 1 heterocycles. The quantitative estimate of drug-likeness (QED) is 0.434. The topological polar surface area (TPSA) is 12.0 Å². The van der Waals surface area contributed by atoms with Crippen molar-refractivity contribution in [2.45, 2.75) is 90.0 Å². The van der Waals surface area contributed by atoms with Crippen LogP contribution in [0.25, 0.3) is 0 Å². The van der Waals surface area contributed by atoms with Gasteiger partial charge in [0, 0.05) is 15.8 Å². The van der Waals surface area contributed by atoms with Crippen molar-refractivity contribution in [2.75, 3.05) is 7.05 Å². The standard InChI is InChI=1S/C19H33NS/c1-3-4-5-6-7-10-13-17(20-2)19-15-16-12-9-8-11-14-18(16)21-19/h15,17,20H,3-14H2,1-2H3. The van der Waals surface area contributed by atoms with Crippen molar-refractivity contribution in [3.05, 3.63) is 21.4 Å². The molecule has 120 valence electrons. The fraction of sp³-hybridized carbons (Fsp3) is 0.789. The van der Waals surface area contributed by atoms with E-state index in [2.05, 4.69) is 36.7 Å². The van der Waals surface area contributed by atoms with Crippen LogP contribution in [-0.4, -0.2) is 7.05 Å². The number of aryl methyl sites for hydroxylation is 2. The highest BCUT2D eigenvalue weighted by Crippen LogP contribution is 2.34. The Bertz CT molecular complexity index is 373. The number of rotatable bonds is 9. The molecule has 0 bridgehead atoms. The van der Waals surface area contributed by atoms with E-state index in [9.17, 15) is 0 Å². The van der Waals surface area contributed by atoms with Gasteiger partial charge in [-0.05, 0) is 50.8 Å². The van der Waals surface area contributed by atoms with E-state index in [1.165, 1.54) is 77.0 Å². The molecule has 1 aromatic heterocycles. The van der Waals surface area contributed by atoms with Gasteiger partial charge in [-0.3, -0.25) is 0 Å². The summed E-state index contributed by atoms with van der Waals surface area (Å²) in [6.45, 7) is 2.29. The lowest BCUT2D eigenvalue weighted by Crippen LogP contribution is -2.15. The normalized spacial score (nSPS) is 16.5. The summed E-state index contributed by atoms with van der Waals surface area (Å²) in [5.41, 5.74) is 1.66. The van der Waals surface area contributed by atoms with Gasteiger partial charge in [-0.15, -0.1) is 11.3 Å². The van der Waals surface area contributed by atoms with Crippen molar-refractivity contribution >= 4 is 11.3 Å². The highest BCUT2D eigenvalue weighted by Gasteiger charge is 2.17. The zero-order chi connectivity index (χ0) is 14.9. The highest BCUT2D eigenvalue weighted by molar-refractivity contribution is 7.12. The SMILES string of the molecule is CCCCCCCCC(NC)c1cc2c(s1)CCCCC2. The second kappa shape index (κ2) is 9.63.